The van der Waals surface area contributed by atoms with Gasteiger partial charge in [0.1, 0.15) is 0 Å². The number of rotatable bonds is 9. The van der Waals surface area contributed by atoms with Gasteiger partial charge in [0.25, 0.3) is 0 Å². The third kappa shape index (κ3) is 8.58. The number of nitrogens with one attached hydrogen (secondary N) is 2. The predicted molar refractivity (Wildman–Crippen MR) is 105 cm³/mol. The van der Waals surface area contributed by atoms with Crippen molar-refractivity contribution in [2.24, 2.45) is 4.99 Å². The van der Waals surface area contributed by atoms with Gasteiger partial charge >= 0.3 is 0 Å². The Bertz CT molecular complexity index is 424. The average Bonchev–Trinajstić information content (AvgIpc) is 2.51. The summed E-state index contributed by atoms with van der Waals surface area (Å²) in [5.74, 6) is 0.878. The molecule has 4 nitrogen and oxygen atoms in total. The zero-order chi connectivity index (χ0) is 15.3. The molecule has 0 bridgehead atoms. The number of guanidine groups is 1. The van der Waals surface area contributed by atoms with Crippen LogP contribution >= 0.6 is 24.0 Å². The molecule has 0 unspecified atom stereocenters. The van der Waals surface area contributed by atoms with Gasteiger partial charge in [-0.2, -0.15) is 0 Å². The topological polar surface area (TPSA) is 45.7 Å². The van der Waals surface area contributed by atoms with Gasteiger partial charge in [-0.1, -0.05) is 38.1 Å². The van der Waals surface area contributed by atoms with Crippen molar-refractivity contribution in [2.75, 3.05) is 19.7 Å². The number of aliphatic imine (C=N–C) groups is 1. The van der Waals surface area contributed by atoms with Gasteiger partial charge < -0.3 is 15.4 Å². The van der Waals surface area contributed by atoms with E-state index in [0.717, 1.165) is 38.5 Å². The molecule has 0 heterocycles. The zero-order valence-electron chi connectivity index (χ0n) is 14.0. The molecule has 1 rings (SSSR count). The molecule has 0 aliphatic carbocycles. The molecular weight excluding hydrogens is 389 g/mol. The first-order chi connectivity index (χ1) is 10.3. The summed E-state index contributed by atoms with van der Waals surface area (Å²) in [5, 5.41) is 6.59. The summed E-state index contributed by atoms with van der Waals surface area (Å²) in [4.78, 5) is 4.65. The molecule has 126 valence electrons. The van der Waals surface area contributed by atoms with Crippen LogP contribution in [0.25, 0.3) is 0 Å². The minimum Gasteiger partial charge on any atom is -0.377 e. The van der Waals surface area contributed by atoms with Crippen molar-refractivity contribution in [3.63, 3.8) is 0 Å². The first-order valence-electron chi connectivity index (χ1n) is 7.98. The molecule has 0 spiro atoms. The summed E-state index contributed by atoms with van der Waals surface area (Å²) >= 11 is 0. The molecule has 0 aliphatic rings. The molecular formula is C17H30IN3O. The number of hydrogen-bond donors (Lipinski definition) is 2. The van der Waals surface area contributed by atoms with Crippen LogP contribution in [0.1, 0.15) is 44.7 Å². The largest absolute Gasteiger partial charge is 0.377 e. The number of hydrogen-bond acceptors (Lipinski definition) is 2. The Morgan fingerprint density at radius 3 is 2.41 bits per heavy atom. The average molecular weight is 419 g/mol. The van der Waals surface area contributed by atoms with Gasteiger partial charge in [-0.25, -0.2) is 4.99 Å². The third-order valence-electron chi connectivity index (χ3n) is 3.02. The van der Waals surface area contributed by atoms with Crippen LogP contribution in [-0.4, -0.2) is 25.7 Å². The van der Waals surface area contributed by atoms with Crippen LogP contribution in [0.5, 0.6) is 0 Å². The van der Waals surface area contributed by atoms with Gasteiger partial charge in [0.05, 0.1) is 13.2 Å². The van der Waals surface area contributed by atoms with Crippen LogP contribution < -0.4 is 10.6 Å². The van der Waals surface area contributed by atoms with E-state index in [9.17, 15) is 0 Å². The van der Waals surface area contributed by atoms with E-state index >= 15 is 0 Å². The van der Waals surface area contributed by atoms with Crippen molar-refractivity contribution in [3.8, 4) is 0 Å². The zero-order valence-corrected chi connectivity index (χ0v) is 16.4. The summed E-state index contributed by atoms with van der Waals surface area (Å²) in [6, 6.07) is 8.35. The Morgan fingerprint density at radius 2 is 1.77 bits per heavy atom. The van der Waals surface area contributed by atoms with Gasteiger partial charge in [0.15, 0.2) is 5.96 Å². The van der Waals surface area contributed by atoms with Crippen LogP contribution in [0.4, 0.5) is 0 Å². The van der Waals surface area contributed by atoms with Gasteiger partial charge in [-0.05, 0) is 30.9 Å². The lowest BCUT2D eigenvalue weighted by molar-refractivity contribution is 0.121. The van der Waals surface area contributed by atoms with Gasteiger partial charge in [-0.3, -0.25) is 0 Å². The predicted octanol–water partition coefficient (Wildman–Crippen LogP) is 3.70. The Labute approximate surface area is 152 Å². The number of halogens is 1. The Morgan fingerprint density at radius 1 is 1.05 bits per heavy atom. The van der Waals surface area contributed by atoms with Crippen LogP contribution in [0.2, 0.25) is 0 Å². The molecule has 0 fully saturated rings. The summed E-state index contributed by atoms with van der Waals surface area (Å²) in [6.45, 7) is 10.3. The lowest BCUT2D eigenvalue weighted by atomic mass is 10.1. The molecule has 0 aromatic heterocycles. The second-order valence-corrected chi connectivity index (χ2v) is 4.94. The molecule has 0 amide bonds. The van der Waals surface area contributed by atoms with Crippen molar-refractivity contribution < 1.29 is 4.74 Å². The monoisotopic (exact) mass is 419 g/mol. The Balaban J connectivity index is 0.00000441. The molecule has 0 saturated heterocycles. The summed E-state index contributed by atoms with van der Waals surface area (Å²) in [5.41, 5.74) is 2.45. The first-order valence-corrected chi connectivity index (χ1v) is 7.98. The maximum Gasteiger partial charge on any atom is 0.191 e. The van der Waals surface area contributed by atoms with E-state index < -0.39 is 0 Å². The van der Waals surface area contributed by atoms with E-state index in [1.807, 2.05) is 0 Å². The van der Waals surface area contributed by atoms with E-state index in [4.69, 9.17) is 4.74 Å². The maximum atomic E-state index is 5.65. The van der Waals surface area contributed by atoms with Gasteiger partial charge in [0, 0.05) is 19.7 Å². The Kier molecular flexibility index (Phi) is 13.3. The highest BCUT2D eigenvalue weighted by Gasteiger charge is 2.02. The van der Waals surface area contributed by atoms with Crippen molar-refractivity contribution in [3.05, 3.63) is 35.4 Å². The first kappa shape index (κ1) is 21.2. The molecule has 5 heteroatoms. The minimum absolute atomic E-state index is 0. The second-order valence-electron chi connectivity index (χ2n) is 4.94. The molecule has 0 radical (unpaired) electrons. The van der Waals surface area contributed by atoms with Crippen molar-refractivity contribution in [2.45, 2.75) is 46.8 Å². The van der Waals surface area contributed by atoms with Gasteiger partial charge in [-0.15, -0.1) is 24.0 Å². The van der Waals surface area contributed by atoms with Crippen molar-refractivity contribution in [1.82, 2.24) is 10.6 Å². The smallest absolute Gasteiger partial charge is 0.191 e. The molecule has 2 N–H and O–H groups in total. The minimum atomic E-state index is 0. The molecule has 0 saturated carbocycles. The fourth-order valence-electron chi connectivity index (χ4n) is 1.93. The van der Waals surface area contributed by atoms with Crippen LogP contribution in [0, 0.1) is 0 Å². The molecule has 0 aliphatic heterocycles. The summed E-state index contributed by atoms with van der Waals surface area (Å²) in [7, 11) is 0. The second kappa shape index (κ2) is 13.8. The lowest BCUT2D eigenvalue weighted by Gasteiger charge is -2.12. The highest BCUT2D eigenvalue weighted by atomic mass is 127. The summed E-state index contributed by atoms with van der Waals surface area (Å²) < 4.78 is 5.65. The fourth-order valence-corrected chi connectivity index (χ4v) is 1.93. The highest BCUT2D eigenvalue weighted by Crippen LogP contribution is 2.11. The van der Waals surface area contributed by atoms with E-state index in [-0.39, 0.29) is 24.0 Å². The summed E-state index contributed by atoms with van der Waals surface area (Å²) in [6.07, 6.45) is 2.14. The number of benzene rings is 1. The fraction of sp³-hybridized carbons (Fsp3) is 0.588. The molecule has 1 aromatic carbocycles. The number of nitrogens with zero attached hydrogens (tertiary/aromatic N) is 1. The molecule has 22 heavy (non-hydrogen) atoms. The standard InChI is InChI=1S/C17H29N3O.HI/c1-4-11-19-17(18-6-3)20-13-15-9-7-8-10-16(15)14-21-12-5-2;/h7-10H,4-6,11-14H2,1-3H3,(H2,18,19,20);1H. The highest BCUT2D eigenvalue weighted by molar-refractivity contribution is 14.0. The van der Waals surface area contributed by atoms with Crippen LogP contribution in [-0.2, 0) is 17.9 Å². The van der Waals surface area contributed by atoms with Crippen molar-refractivity contribution >= 4 is 29.9 Å². The van der Waals surface area contributed by atoms with E-state index in [2.05, 4.69) is 60.7 Å². The van der Waals surface area contributed by atoms with Gasteiger partial charge in [0.2, 0.25) is 0 Å². The van der Waals surface area contributed by atoms with Crippen LogP contribution in [0.15, 0.2) is 29.3 Å². The van der Waals surface area contributed by atoms with Crippen LogP contribution in [0.3, 0.4) is 0 Å². The normalized spacial score (nSPS) is 11.0. The van der Waals surface area contributed by atoms with Crippen molar-refractivity contribution in [1.29, 1.82) is 0 Å². The SMILES string of the molecule is CCCNC(=NCc1ccccc1COCCC)NCC.I. The third-order valence-corrected chi connectivity index (χ3v) is 3.02. The molecule has 0 atom stereocenters. The number of ether oxygens (including phenoxy) is 1. The molecule has 1 aromatic rings. The van der Waals surface area contributed by atoms with E-state index in [1.54, 1.807) is 0 Å². The lowest BCUT2D eigenvalue weighted by Crippen LogP contribution is -2.37. The van der Waals surface area contributed by atoms with E-state index in [0.29, 0.717) is 13.2 Å². The van der Waals surface area contributed by atoms with E-state index in [1.165, 1.54) is 11.1 Å². The Hall–Kier alpha value is -0.820. The quantitative estimate of drug-likeness (QED) is 0.278. The maximum absolute atomic E-state index is 5.65.